The van der Waals surface area contributed by atoms with E-state index in [2.05, 4.69) is 10.6 Å². The van der Waals surface area contributed by atoms with Gasteiger partial charge in [-0.15, -0.1) is 12.4 Å². The summed E-state index contributed by atoms with van der Waals surface area (Å²) in [7, 11) is 0. The molecule has 0 aliphatic carbocycles. The van der Waals surface area contributed by atoms with Crippen LogP contribution in [0.5, 0.6) is 0 Å². The first kappa shape index (κ1) is 21.6. The molecule has 2 N–H and O–H groups in total. The van der Waals surface area contributed by atoms with E-state index in [-0.39, 0.29) is 36.0 Å². The van der Waals surface area contributed by atoms with Crippen molar-refractivity contribution in [1.29, 1.82) is 0 Å². The number of likely N-dealkylation sites (tertiary alicyclic amines) is 1. The van der Waals surface area contributed by atoms with Gasteiger partial charge < -0.3 is 15.5 Å². The van der Waals surface area contributed by atoms with Crippen molar-refractivity contribution in [3.05, 3.63) is 35.6 Å². The summed E-state index contributed by atoms with van der Waals surface area (Å²) in [6.07, 6.45) is 3.22. The van der Waals surface area contributed by atoms with Gasteiger partial charge in [0.2, 0.25) is 5.91 Å². The molecule has 1 atom stereocenters. The molecule has 1 aromatic carbocycles. The largest absolute Gasteiger partial charge is 0.341 e. The van der Waals surface area contributed by atoms with Crippen LogP contribution in [0, 0.1) is 17.2 Å². The fourth-order valence-electron chi connectivity index (χ4n) is 3.96. The van der Waals surface area contributed by atoms with Crippen molar-refractivity contribution in [3.8, 4) is 0 Å². The highest BCUT2D eigenvalue weighted by molar-refractivity contribution is 5.97. The van der Waals surface area contributed by atoms with Gasteiger partial charge in [0.15, 0.2) is 0 Å². The summed E-state index contributed by atoms with van der Waals surface area (Å²) in [5, 5.41) is 6.27. The second-order valence-corrected chi connectivity index (χ2v) is 7.95. The molecule has 1 spiro atoms. The second-order valence-electron chi connectivity index (χ2n) is 7.95. The molecule has 2 aliphatic heterocycles. The van der Waals surface area contributed by atoms with Crippen LogP contribution < -0.4 is 10.6 Å². The van der Waals surface area contributed by atoms with Crippen molar-refractivity contribution in [1.82, 2.24) is 15.5 Å². The Bertz CT molecular complexity index is 650. The predicted octanol–water partition coefficient (Wildman–Crippen LogP) is 2.60. The lowest BCUT2D eigenvalue weighted by molar-refractivity contribution is -0.136. The monoisotopic (exact) mass is 397 g/mol. The van der Waals surface area contributed by atoms with Crippen molar-refractivity contribution in [2.75, 3.05) is 26.2 Å². The number of piperidine rings is 1. The Balaban J connectivity index is 0.00000261. The summed E-state index contributed by atoms with van der Waals surface area (Å²) in [5.74, 6) is -0.764. The lowest BCUT2D eigenvalue weighted by atomic mass is 9.77. The van der Waals surface area contributed by atoms with Crippen molar-refractivity contribution >= 4 is 24.2 Å². The molecule has 3 rings (SSSR count). The number of hydrogen-bond acceptors (Lipinski definition) is 3. The quantitative estimate of drug-likeness (QED) is 0.821. The van der Waals surface area contributed by atoms with Crippen molar-refractivity contribution in [2.45, 2.75) is 39.2 Å². The average Bonchev–Trinajstić information content (AvgIpc) is 3.08. The first-order valence-corrected chi connectivity index (χ1v) is 9.46. The molecule has 2 amide bonds. The Morgan fingerprint density at radius 2 is 1.78 bits per heavy atom. The average molecular weight is 398 g/mol. The van der Waals surface area contributed by atoms with Crippen LogP contribution in [0.2, 0.25) is 0 Å². The number of nitrogens with one attached hydrogen (secondary N) is 2. The first-order valence-electron chi connectivity index (χ1n) is 9.46. The van der Waals surface area contributed by atoms with Gasteiger partial charge in [0.1, 0.15) is 11.9 Å². The maximum Gasteiger partial charge on any atom is 0.251 e. The van der Waals surface area contributed by atoms with Gasteiger partial charge in [0.25, 0.3) is 5.91 Å². The van der Waals surface area contributed by atoms with E-state index < -0.39 is 6.04 Å². The topological polar surface area (TPSA) is 61.4 Å². The molecule has 27 heavy (non-hydrogen) atoms. The minimum absolute atomic E-state index is 0. The Hall–Kier alpha value is -1.66. The van der Waals surface area contributed by atoms with Gasteiger partial charge in [0.05, 0.1) is 0 Å². The lowest BCUT2D eigenvalue weighted by Gasteiger charge is -2.40. The van der Waals surface area contributed by atoms with Gasteiger partial charge in [-0.3, -0.25) is 9.59 Å². The van der Waals surface area contributed by atoms with Crippen LogP contribution in [0.25, 0.3) is 0 Å². The number of nitrogens with zero attached hydrogens (tertiary/aromatic N) is 1. The van der Waals surface area contributed by atoms with Crippen LogP contribution in [-0.2, 0) is 4.79 Å². The first-order chi connectivity index (χ1) is 12.4. The summed E-state index contributed by atoms with van der Waals surface area (Å²) >= 11 is 0. The van der Waals surface area contributed by atoms with Crippen LogP contribution in [0.3, 0.4) is 0 Å². The summed E-state index contributed by atoms with van der Waals surface area (Å²) < 4.78 is 13.0. The van der Waals surface area contributed by atoms with Gasteiger partial charge in [-0.2, -0.15) is 0 Å². The Morgan fingerprint density at radius 1 is 1.15 bits per heavy atom. The fraction of sp³-hybridized carbons (Fsp3) is 0.600. The van der Waals surface area contributed by atoms with Gasteiger partial charge in [-0.25, -0.2) is 4.39 Å². The maximum absolute atomic E-state index is 13.0. The molecule has 0 radical (unpaired) electrons. The van der Waals surface area contributed by atoms with Crippen LogP contribution in [0.15, 0.2) is 24.3 Å². The van der Waals surface area contributed by atoms with E-state index in [0.717, 1.165) is 39.0 Å². The van der Waals surface area contributed by atoms with Gasteiger partial charge >= 0.3 is 0 Å². The molecule has 1 unspecified atom stereocenters. The zero-order valence-electron chi connectivity index (χ0n) is 16.0. The normalized spacial score (nSPS) is 19.6. The van der Waals surface area contributed by atoms with E-state index in [4.69, 9.17) is 0 Å². The summed E-state index contributed by atoms with van der Waals surface area (Å²) in [6, 6.07) is 4.80. The Kier molecular flexibility index (Phi) is 7.23. The molecule has 5 nitrogen and oxygen atoms in total. The molecule has 2 fully saturated rings. The third-order valence-corrected chi connectivity index (χ3v) is 5.79. The summed E-state index contributed by atoms with van der Waals surface area (Å²) in [4.78, 5) is 27.3. The van der Waals surface area contributed by atoms with E-state index in [1.807, 2.05) is 18.7 Å². The highest BCUT2D eigenvalue weighted by Gasteiger charge is 2.39. The van der Waals surface area contributed by atoms with E-state index in [9.17, 15) is 14.0 Å². The molecule has 1 aromatic rings. The second kappa shape index (κ2) is 9.02. The standard InChI is InChI=1S/C20H28FN3O2.ClH/c1-14(2)17(23-18(25)15-3-5-16(21)6-4-15)19(26)24-11-8-20(9-12-24)7-10-22-13-20;/h3-6,14,17,22H,7-13H2,1-2H3,(H,23,25);1H. The highest BCUT2D eigenvalue weighted by Crippen LogP contribution is 2.37. The number of halogens is 2. The smallest absolute Gasteiger partial charge is 0.251 e. The van der Waals surface area contributed by atoms with E-state index in [1.165, 1.54) is 30.7 Å². The van der Waals surface area contributed by atoms with Crippen molar-refractivity contribution in [3.63, 3.8) is 0 Å². The number of amides is 2. The third kappa shape index (κ3) is 4.99. The molecule has 0 bridgehead atoms. The maximum atomic E-state index is 13.0. The Morgan fingerprint density at radius 3 is 2.30 bits per heavy atom. The number of hydrogen-bond donors (Lipinski definition) is 2. The van der Waals surface area contributed by atoms with Crippen molar-refractivity contribution in [2.24, 2.45) is 11.3 Å². The minimum Gasteiger partial charge on any atom is -0.341 e. The summed E-state index contributed by atoms with van der Waals surface area (Å²) in [5.41, 5.74) is 0.709. The predicted molar refractivity (Wildman–Crippen MR) is 105 cm³/mol. The number of rotatable bonds is 4. The third-order valence-electron chi connectivity index (χ3n) is 5.79. The van der Waals surface area contributed by atoms with E-state index in [1.54, 1.807) is 0 Å². The molecule has 2 saturated heterocycles. The van der Waals surface area contributed by atoms with Crippen molar-refractivity contribution < 1.29 is 14.0 Å². The van der Waals surface area contributed by atoms with Gasteiger partial charge in [-0.05, 0) is 61.4 Å². The number of carbonyl (C=O) groups is 2. The van der Waals surface area contributed by atoms with Crippen LogP contribution in [-0.4, -0.2) is 48.9 Å². The Labute approximate surface area is 166 Å². The highest BCUT2D eigenvalue weighted by atomic mass is 35.5. The van der Waals surface area contributed by atoms with Gasteiger partial charge in [-0.1, -0.05) is 13.8 Å². The van der Waals surface area contributed by atoms with E-state index >= 15 is 0 Å². The molecule has 0 aromatic heterocycles. The zero-order chi connectivity index (χ0) is 18.7. The molecular weight excluding hydrogens is 369 g/mol. The molecule has 150 valence electrons. The fourth-order valence-corrected chi connectivity index (χ4v) is 3.96. The zero-order valence-corrected chi connectivity index (χ0v) is 16.8. The molecule has 7 heteroatoms. The van der Waals surface area contributed by atoms with Crippen LogP contribution >= 0.6 is 12.4 Å². The van der Waals surface area contributed by atoms with Crippen LogP contribution in [0.1, 0.15) is 43.5 Å². The van der Waals surface area contributed by atoms with Crippen LogP contribution in [0.4, 0.5) is 4.39 Å². The van der Waals surface area contributed by atoms with Gasteiger partial charge in [0, 0.05) is 25.2 Å². The lowest BCUT2D eigenvalue weighted by Crippen LogP contribution is -2.54. The number of benzene rings is 1. The molecule has 2 heterocycles. The number of carbonyl (C=O) groups excluding carboxylic acids is 2. The SMILES string of the molecule is CC(C)C(NC(=O)c1ccc(F)cc1)C(=O)N1CCC2(CCNC2)CC1.Cl. The molecule has 2 aliphatic rings. The van der Waals surface area contributed by atoms with E-state index in [0.29, 0.717) is 11.0 Å². The minimum atomic E-state index is -0.566. The molecular formula is C20H29ClFN3O2. The summed E-state index contributed by atoms with van der Waals surface area (Å²) in [6.45, 7) is 7.46. The molecule has 0 saturated carbocycles.